The van der Waals surface area contributed by atoms with Crippen LogP contribution in [0, 0.1) is 5.92 Å². The molecule has 0 radical (unpaired) electrons. The van der Waals surface area contributed by atoms with Gasteiger partial charge in [0.05, 0.1) is 0 Å². The van der Waals surface area contributed by atoms with Crippen LogP contribution in [0.1, 0.15) is 69.1 Å². The highest BCUT2D eigenvalue weighted by Gasteiger charge is 2.16. The Morgan fingerprint density at radius 1 is 1.29 bits per heavy atom. The van der Waals surface area contributed by atoms with Crippen molar-refractivity contribution in [1.29, 1.82) is 0 Å². The quantitative estimate of drug-likeness (QED) is 0.811. The van der Waals surface area contributed by atoms with E-state index in [-0.39, 0.29) is 23.1 Å². The van der Waals surface area contributed by atoms with E-state index in [1.807, 2.05) is 13.8 Å². The average Bonchev–Trinajstić information content (AvgIpc) is 2.39. The third-order valence-electron chi connectivity index (χ3n) is 3.54. The SMILES string of the molecule is CCCc1cc(C(=O)N[C@H](C)CC(C)C)c(=O)[nH]c1CC. The second-order valence-electron chi connectivity index (χ2n) is 6.12. The van der Waals surface area contributed by atoms with Crippen LogP contribution in [-0.4, -0.2) is 16.9 Å². The van der Waals surface area contributed by atoms with Crippen LogP contribution in [0.15, 0.2) is 10.9 Å². The fourth-order valence-electron chi connectivity index (χ4n) is 2.66. The van der Waals surface area contributed by atoms with Crippen molar-refractivity contribution in [2.45, 2.75) is 66.3 Å². The number of aromatic nitrogens is 1. The number of hydrogen-bond donors (Lipinski definition) is 2. The Labute approximate surface area is 127 Å². The fourth-order valence-corrected chi connectivity index (χ4v) is 2.66. The van der Waals surface area contributed by atoms with Gasteiger partial charge in [-0.1, -0.05) is 34.1 Å². The van der Waals surface area contributed by atoms with Crippen molar-refractivity contribution >= 4 is 5.91 Å². The van der Waals surface area contributed by atoms with Crippen molar-refractivity contribution in [3.63, 3.8) is 0 Å². The van der Waals surface area contributed by atoms with Crippen LogP contribution in [-0.2, 0) is 12.8 Å². The number of carbonyl (C=O) groups excluding carboxylic acids is 1. The van der Waals surface area contributed by atoms with Crippen molar-refractivity contribution in [1.82, 2.24) is 10.3 Å². The predicted octanol–water partition coefficient (Wildman–Crippen LogP) is 3.05. The molecule has 2 N–H and O–H groups in total. The van der Waals surface area contributed by atoms with Gasteiger partial charge in [0.2, 0.25) is 0 Å². The second-order valence-corrected chi connectivity index (χ2v) is 6.12. The Balaban J connectivity index is 2.98. The molecule has 1 heterocycles. The minimum atomic E-state index is -0.291. The molecule has 1 atom stereocenters. The topological polar surface area (TPSA) is 62.0 Å². The van der Waals surface area contributed by atoms with E-state index in [9.17, 15) is 9.59 Å². The molecule has 0 bridgehead atoms. The van der Waals surface area contributed by atoms with E-state index in [0.29, 0.717) is 5.92 Å². The molecular weight excluding hydrogens is 264 g/mol. The van der Waals surface area contributed by atoms with Crippen molar-refractivity contribution in [2.24, 2.45) is 5.92 Å². The number of hydrogen-bond acceptors (Lipinski definition) is 2. The molecule has 1 aromatic rings. The highest BCUT2D eigenvalue weighted by atomic mass is 16.2. The molecule has 0 fully saturated rings. The van der Waals surface area contributed by atoms with Gasteiger partial charge in [-0.15, -0.1) is 0 Å². The molecule has 0 saturated heterocycles. The molecule has 0 saturated carbocycles. The summed E-state index contributed by atoms with van der Waals surface area (Å²) in [7, 11) is 0. The molecule has 0 unspecified atom stereocenters. The highest BCUT2D eigenvalue weighted by Crippen LogP contribution is 2.10. The number of aromatic amines is 1. The maximum absolute atomic E-state index is 12.3. The van der Waals surface area contributed by atoms with Gasteiger partial charge in [0.15, 0.2) is 0 Å². The number of aryl methyl sites for hydroxylation is 2. The van der Waals surface area contributed by atoms with Crippen molar-refractivity contribution in [3.05, 3.63) is 33.2 Å². The lowest BCUT2D eigenvalue weighted by Crippen LogP contribution is -2.37. The van der Waals surface area contributed by atoms with Crippen molar-refractivity contribution in [3.8, 4) is 0 Å². The van der Waals surface area contributed by atoms with E-state index in [1.165, 1.54) is 0 Å². The molecule has 0 aromatic carbocycles. The summed E-state index contributed by atoms with van der Waals surface area (Å²) in [6.07, 6.45) is 3.54. The van der Waals surface area contributed by atoms with Gasteiger partial charge < -0.3 is 10.3 Å². The van der Waals surface area contributed by atoms with Gasteiger partial charge >= 0.3 is 0 Å². The van der Waals surface area contributed by atoms with Gasteiger partial charge in [-0.3, -0.25) is 9.59 Å². The summed E-state index contributed by atoms with van der Waals surface area (Å²) < 4.78 is 0. The smallest absolute Gasteiger partial charge is 0.261 e. The maximum Gasteiger partial charge on any atom is 0.261 e. The van der Waals surface area contributed by atoms with E-state index in [4.69, 9.17) is 0 Å². The molecule has 1 aromatic heterocycles. The maximum atomic E-state index is 12.3. The fraction of sp³-hybridized carbons (Fsp3) is 0.647. The molecule has 1 rings (SSSR count). The molecule has 21 heavy (non-hydrogen) atoms. The van der Waals surface area contributed by atoms with Crippen molar-refractivity contribution in [2.75, 3.05) is 0 Å². The standard InChI is InChI=1S/C17H28N2O2/c1-6-8-13-10-14(17(21)19-15(13)7-2)16(20)18-12(5)9-11(3)4/h10-12H,6-9H2,1-5H3,(H,18,20)(H,19,21)/t12-/m1/s1. The molecule has 118 valence electrons. The number of nitrogens with one attached hydrogen (secondary N) is 2. The molecule has 0 spiro atoms. The van der Waals surface area contributed by atoms with E-state index in [1.54, 1.807) is 6.07 Å². The number of H-pyrrole nitrogens is 1. The summed E-state index contributed by atoms with van der Waals surface area (Å²) in [6, 6.07) is 1.83. The van der Waals surface area contributed by atoms with E-state index in [0.717, 1.165) is 36.9 Å². The molecule has 4 nitrogen and oxygen atoms in total. The summed E-state index contributed by atoms with van der Waals surface area (Å²) in [5, 5.41) is 2.92. The van der Waals surface area contributed by atoms with E-state index in [2.05, 4.69) is 31.1 Å². The lowest BCUT2D eigenvalue weighted by molar-refractivity contribution is 0.0934. The third kappa shape index (κ3) is 5.03. The van der Waals surface area contributed by atoms with Gasteiger partial charge in [0, 0.05) is 11.7 Å². The monoisotopic (exact) mass is 292 g/mol. The van der Waals surface area contributed by atoms with Gasteiger partial charge in [-0.2, -0.15) is 0 Å². The molecule has 0 aliphatic rings. The molecular formula is C17H28N2O2. The first-order valence-corrected chi connectivity index (χ1v) is 7.94. The number of rotatable bonds is 7. The average molecular weight is 292 g/mol. The number of pyridine rings is 1. The highest BCUT2D eigenvalue weighted by molar-refractivity contribution is 5.94. The van der Waals surface area contributed by atoms with Crippen LogP contribution in [0.25, 0.3) is 0 Å². The number of amides is 1. The Bertz CT molecular complexity index is 532. The van der Waals surface area contributed by atoms with Crippen LogP contribution in [0.4, 0.5) is 0 Å². The van der Waals surface area contributed by atoms with Gasteiger partial charge in [0.25, 0.3) is 11.5 Å². The summed E-state index contributed by atoms with van der Waals surface area (Å²) in [5.74, 6) is 0.237. The van der Waals surface area contributed by atoms with Crippen molar-refractivity contribution < 1.29 is 4.79 Å². The zero-order valence-electron chi connectivity index (χ0n) is 13.9. The van der Waals surface area contributed by atoms with E-state index >= 15 is 0 Å². The van der Waals surface area contributed by atoms with Crippen LogP contribution < -0.4 is 10.9 Å². The molecule has 1 amide bonds. The minimum Gasteiger partial charge on any atom is -0.349 e. The summed E-state index contributed by atoms with van der Waals surface area (Å²) >= 11 is 0. The lowest BCUT2D eigenvalue weighted by Gasteiger charge is -2.16. The summed E-state index contributed by atoms with van der Waals surface area (Å²) in [4.78, 5) is 27.2. The molecule has 4 heteroatoms. The summed E-state index contributed by atoms with van der Waals surface area (Å²) in [5.41, 5.74) is 1.95. The second kappa shape index (κ2) is 8.01. The Kier molecular flexibility index (Phi) is 6.66. The van der Waals surface area contributed by atoms with Crippen LogP contribution in [0.2, 0.25) is 0 Å². The molecule has 0 aliphatic heterocycles. The lowest BCUT2D eigenvalue weighted by atomic mass is 10.0. The zero-order chi connectivity index (χ0) is 16.0. The Hall–Kier alpha value is -1.58. The largest absolute Gasteiger partial charge is 0.349 e. The van der Waals surface area contributed by atoms with Gasteiger partial charge in [-0.05, 0) is 43.7 Å². The third-order valence-corrected chi connectivity index (χ3v) is 3.54. The van der Waals surface area contributed by atoms with Crippen LogP contribution >= 0.6 is 0 Å². The van der Waals surface area contributed by atoms with Gasteiger partial charge in [-0.25, -0.2) is 0 Å². The predicted molar refractivity (Wildman–Crippen MR) is 86.8 cm³/mol. The van der Waals surface area contributed by atoms with Crippen LogP contribution in [0.3, 0.4) is 0 Å². The normalized spacial score (nSPS) is 12.5. The first-order chi connectivity index (χ1) is 9.88. The Morgan fingerprint density at radius 2 is 1.95 bits per heavy atom. The van der Waals surface area contributed by atoms with Crippen LogP contribution in [0.5, 0.6) is 0 Å². The van der Waals surface area contributed by atoms with Gasteiger partial charge in [0.1, 0.15) is 5.56 Å². The Morgan fingerprint density at radius 3 is 2.48 bits per heavy atom. The first-order valence-electron chi connectivity index (χ1n) is 7.94. The van der Waals surface area contributed by atoms with E-state index < -0.39 is 0 Å². The zero-order valence-corrected chi connectivity index (χ0v) is 13.9. The first kappa shape index (κ1) is 17.5. The number of carbonyl (C=O) groups is 1. The molecule has 0 aliphatic carbocycles. The summed E-state index contributed by atoms with van der Waals surface area (Å²) in [6.45, 7) is 10.3. The minimum absolute atomic E-state index is 0.0670.